The van der Waals surface area contributed by atoms with Gasteiger partial charge in [-0.05, 0) is 48.4 Å². The van der Waals surface area contributed by atoms with E-state index in [1.807, 2.05) is 6.07 Å². The lowest BCUT2D eigenvalue weighted by atomic mass is 9.80. The van der Waals surface area contributed by atoms with Gasteiger partial charge in [-0.2, -0.15) is 0 Å². The van der Waals surface area contributed by atoms with E-state index in [2.05, 4.69) is 21.2 Å². The van der Waals surface area contributed by atoms with Crippen LogP contribution in [0.15, 0.2) is 22.7 Å². The third kappa shape index (κ3) is 4.54. The Morgan fingerprint density at radius 2 is 2.05 bits per heavy atom. The first kappa shape index (κ1) is 15.9. The van der Waals surface area contributed by atoms with E-state index in [-0.39, 0.29) is 11.2 Å². The Morgan fingerprint density at radius 3 is 2.70 bits per heavy atom. The molecule has 0 aliphatic heterocycles. The fourth-order valence-corrected chi connectivity index (χ4v) is 3.73. The molecule has 1 fully saturated rings. The van der Waals surface area contributed by atoms with Gasteiger partial charge in [0.25, 0.3) is 0 Å². The Balaban J connectivity index is 2.00. The zero-order valence-electron chi connectivity index (χ0n) is 12.1. The highest BCUT2D eigenvalue weighted by molar-refractivity contribution is 9.10. The number of ether oxygens (including phenoxy) is 1. The van der Waals surface area contributed by atoms with Crippen molar-refractivity contribution in [2.24, 2.45) is 5.41 Å². The normalized spacial score (nSPS) is 17.6. The summed E-state index contributed by atoms with van der Waals surface area (Å²) in [4.78, 5) is 0. The van der Waals surface area contributed by atoms with E-state index in [0.717, 1.165) is 36.2 Å². The standard InChI is InChI=1S/C16H23BrFNO/c1-20-7-6-19-12-16(4-2-3-5-16)11-13-8-14(17)10-15(18)9-13/h8-10,19H,2-7,11-12H2,1H3. The molecule has 0 radical (unpaired) electrons. The third-order valence-electron chi connectivity index (χ3n) is 4.15. The molecule has 0 unspecified atom stereocenters. The van der Waals surface area contributed by atoms with Gasteiger partial charge >= 0.3 is 0 Å². The van der Waals surface area contributed by atoms with Crippen LogP contribution >= 0.6 is 15.9 Å². The van der Waals surface area contributed by atoms with Crippen molar-refractivity contribution >= 4 is 15.9 Å². The molecule has 2 nitrogen and oxygen atoms in total. The first-order valence-electron chi connectivity index (χ1n) is 7.28. The van der Waals surface area contributed by atoms with Gasteiger partial charge in [-0.3, -0.25) is 0 Å². The summed E-state index contributed by atoms with van der Waals surface area (Å²) in [5, 5.41) is 3.49. The first-order valence-corrected chi connectivity index (χ1v) is 8.07. The summed E-state index contributed by atoms with van der Waals surface area (Å²) in [5.41, 5.74) is 1.37. The molecular weight excluding hydrogens is 321 g/mol. The predicted octanol–water partition coefficient (Wildman–Crippen LogP) is 3.93. The highest BCUT2D eigenvalue weighted by atomic mass is 79.9. The zero-order valence-corrected chi connectivity index (χ0v) is 13.6. The van der Waals surface area contributed by atoms with Crippen LogP contribution in [-0.4, -0.2) is 26.8 Å². The SMILES string of the molecule is COCCNCC1(Cc2cc(F)cc(Br)c2)CCCC1. The van der Waals surface area contributed by atoms with Crippen LogP contribution in [0.5, 0.6) is 0 Å². The molecule has 4 heteroatoms. The number of hydrogen-bond acceptors (Lipinski definition) is 2. The number of hydrogen-bond donors (Lipinski definition) is 1. The van der Waals surface area contributed by atoms with Gasteiger partial charge in [0.1, 0.15) is 5.82 Å². The molecule has 1 aromatic rings. The van der Waals surface area contributed by atoms with Gasteiger partial charge in [-0.25, -0.2) is 4.39 Å². The summed E-state index contributed by atoms with van der Waals surface area (Å²) in [6, 6.07) is 5.22. The molecule has 1 aliphatic carbocycles. The van der Waals surface area contributed by atoms with E-state index < -0.39 is 0 Å². The lowest BCUT2D eigenvalue weighted by Gasteiger charge is -2.30. The van der Waals surface area contributed by atoms with Crippen molar-refractivity contribution in [1.29, 1.82) is 0 Å². The van der Waals surface area contributed by atoms with E-state index >= 15 is 0 Å². The Bertz CT molecular complexity index is 412. The Hall–Kier alpha value is -0.450. The topological polar surface area (TPSA) is 21.3 Å². The molecule has 1 aromatic carbocycles. The highest BCUT2D eigenvalue weighted by Crippen LogP contribution is 2.40. The lowest BCUT2D eigenvalue weighted by molar-refractivity contribution is 0.189. The maximum absolute atomic E-state index is 13.5. The summed E-state index contributed by atoms with van der Waals surface area (Å²) < 4.78 is 19.4. The van der Waals surface area contributed by atoms with Crippen LogP contribution in [0, 0.1) is 11.2 Å². The van der Waals surface area contributed by atoms with Gasteiger partial charge in [0.2, 0.25) is 0 Å². The second kappa shape index (κ2) is 7.53. The summed E-state index contributed by atoms with van der Waals surface area (Å²) >= 11 is 3.38. The molecule has 0 bridgehead atoms. The van der Waals surface area contributed by atoms with Gasteiger partial charge in [0.05, 0.1) is 6.61 Å². The number of benzene rings is 1. The van der Waals surface area contributed by atoms with Gasteiger partial charge in [0, 0.05) is 24.7 Å². The summed E-state index contributed by atoms with van der Waals surface area (Å²) in [6.45, 7) is 2.61. The lowest BCUT2D eigenvalue weighted by Crippen LogP contribution is -2.35. The molecular formula is C16H23BrFNO. The van der Waals surface area contributed by atoms with E-state index in [0.29, 0.717) is 0 Å². The minimum absolute atomic E-state index is 0.158. The second-order valence-corrected chi connectivity index (χ2v) is 6.75. The molecule has 2 rings (SSSR count). The van der Waals surface area contributed by atoms with E-state index in [1.54, 1.807) is 13.2 Å². The van der Waals surface area contributed by atoms with Crippen LogP contribution in [0.3, 0.4) is 0 Å². The average molecular weight is 344 g/mol. The predicted molar refractivity (Wildman–Crippen MR) is 83.5 cm³/mol. The molecule has 0 aromatic heterocycles. The molecule has 1 saturated carbocycles. The Labute approximate surface area is 129 Å². The molecule has 112 valence electrons. The average Bonchev–Trinajstić information content (AvgIpc) is 2.82. The first-order chi connectivity index (χ1) is 9.63. The van der Waals surface area contributed by atoms with Gasteiger partial charge in [0.15, 0.2) is 0 Å². The molecule has 0 saturated heterocycles. The number of nitrogens with one attached hydrogen (secondary N) is 1. The summed E-state index contributed by atoms with van der Waals surface area (Å²) in [7, 11) is 1.72. The van der Waals surface area contributed by atoms with Crippen LogP contribution in [0.1, 0.15) is 31.2 Å². The fourth-order valence-electron chi connectivity index (χ4n) is 3.21. The van der Waals surface area contributed by atoms with Crippen molar-refractivity contribution in [3.8, 4) is 0 Å². The molecule has 20 heavy (non-hydrogen) atoms. The molecule has 0 spiro atoms. The number of rotatable bonds is 7. The number of methoxy groups -OCH3 is 1. The van der Waals surface area contributed by atoms with Crippen molar-refractivity contribution in [2.45, 2.75) is 32.1 Å². The van der Waals surface area contributed by atoms with Gasteiger partial charge in [-0.1, -0.05) is 28.8 Å². The van der Waals surface area contributed by atoms with Crippen molar-refractivity contribution in [2.75, 3.05) is 26.8 Å². The minimum Gasteiger partial charge on any atom is -0.383 e. The largest absolute Gasteiger partial charge is 0.383 e. The third-order valence-corrected chi connectivity index (χ3v) is 4.61. The maximum atomic E-state index is 13.5. The zero-order chi connectivity index (χ0) is 14.4. The van der Waals surface area contributed by atoms with Crippen LogP contribution in [-0.2, 0) is 11.2 Å². The molecule has 0 heterocycles. The Kier molecular flexibility index (Phi) is 6.00. The molecule has 0 atom stereocenters. The molecule has 1 N–H and O–H groups in total. The summed E-state index contributed by atoms with van der Waals surface area (Å²) in [6.07, 6.45) is 5.95. The van der Waals surface area contributed by atoms with Gasteiger partial charge < -0.3 is 10.1 Å². The van der Waals surface area contributed by atoms with E-state index in [9.17, 15) is 4.39 Å². The molecule has 0 amide bonds. The van der Waals surface area contributed by atoms with Crippen LogP contribution < -0.4 is 5.32 Å². The summed E-state index contributed by atoms with van der Waals surface area (Å²) in [5.74, 6) is -0.158. The van der Waals surface area contributed by atoms with E-state index in [1.165, 1.54) is 31.7 Å². The van der Waals surface area contributed by atoms with Crippen LogP contribution in [0.25, 0.3) is 0 Å². The minimum atomic E-state index is -0.158. The highest BCUT2D eigenvalue weighted by Gasteiger charge is 2.33. The van der Waals surface area contributed by atoms with Crippen molar-refractivity contribution in [1.82, 2.24) is 5.32 Å². The van der Waals surface area contributed by atoms with Crippen LogP contribution in [0.2, 0.25) is 0 Å². The van der Waals surface area contributed by atoms with Gasteiger partial charge in [-0.15, -0.1) is 0 Å². The fraction of sp³-hybridized carbons (Fsp3) is 0.625. The Morgan fingerprint density at radius 1 is 1.30 bits per heavy atom. The van der Waals surface area contributed by atoms with Crippen molar-refractivity contribution in [3.63, 3.8) is 0 Å². The second-order valence-electron chi connectivity index (χ2n) is 5.83. The van der Waals surface area contributed by atoms with Crippen molar-refractivity contribution < 1.29 is 9.13 Å². The monoisotopic (exact) mass is 343 g/mol. The van der Waals surface area contributed by atoms with E-state index in [4.69, 9.17) is 4.74 Å². The number of halogens is 2. The van der Waals surface area contributed by atoms with Crippen LogP contribution in [0.4, 0.5) is 4.39 Å². The maximum Gasteiger partial charge on any atom is 0.124 e. The smallest absolute Gasteiger partial charge is 0.124 e. The van der Waals surface area contributed by atoms with Crippen molar-refractivity contribution in [3.05, 3.63) is 34.1 Å². The molecule has 1 aliphatic rings. The quantitative estimate of drug-likeness (QED) is 0.757.